The zero-order valence-corrected chi connectivity index (χ0v) is 10.9. The van der Waals surface area contributed by atoms with Crippen molar-refractivity contribution in [1.29, 1.82) is 0 Å². The van der Waals surface area contributed by atoms with Crippen molar-refractivity contribution in [2.45, 2.75) is 51.6 Å². The van der Waals surface area contributed by atoms with Gasteiger partial charge in [0.25, 0.3) is 0 Å². The van der Waals surface area contributed by atoms with E-state index in [1.54, 1.807) is 6.07 Å². The molecule has 0 bridgehead atoms. The van der Waals surface area contributed by atoms with Crippen molar-refractivity contribution in [2.24, 2.45) is 5.92 Å². The Kier molecular flexibility index (Phi) is 4.70. The van der Waals surface area contributed by atoms with Gasteiger partial charge in [-0.05, 0) is 36.5 Å². The maximum absolute atomic E-state index is 13.1. The highest BCUT2D eigenvalue weighted by atomic mass is 19.2. The lowest BCUT2D eigenvalue weighted by atomic mass is 9.84. The third kappa shape index (κ3) is 3.52. The summed E-state index contributed by atoms with van der Waals surface area (Å²) in [5.41, 5.74) is 0.813. The van der Waals surface area contributed by atoms with Crippen molar-refractivity contribution in [3.05, 3.63) is 35.4 Å². The van der Waals surface area contributed by atoms with Gasteiger partial charge in [0.05, 0.1) is 0 Å². The van der Waals surface area contributed by atoms with Gasteiger partial charge in [-0.2, -0.15) is 0 Å². The van der Waals surface area contributed by atoms with Crippen LogP contribution in [0.4, 0.5) is 8.78 Å². The maximum Gasteiger partial charge on any atom is 0.159 e. The molecule has 1 saturated carbocycles. The average Bonchev–Trinajstić information content (AvgIpc) is 2.40. The first-order valence-electron chi connectivity index (χ1n) is 6.86. The van der Waals surface area contributed by atoms with Crippen LogP contribution in [-0.4, -0.2) is 6.04 Å². The molecule has 0 aromatic heterocycles. The van der Waals surface area contributed by atoms with Crippen LogP contribution in [0.2, 0.25) is 0 Å². The van der Waals surface area contributed by atoms with Gasteiger partial charge in [-0.15, -0.1) is 0 Å². The smallest absolute Gasteiger partial charge is 0.159 e. The molecule has 0 radical (unpaired) electrons. The molecule has 0 heterocycles. The number of halogens is 2. The second-order valence-electron chi connectivity index (χ2n) is 5.27. The van der Waals surface area contributed by atoms with Gasteiger partial charge in [0.2, 0.25) is 0 Å². The van der Waals surface area contributed by atoms with Gasteiger partial charge in [0.1, 0.15) is 0 Å². The van der Waals surface area contributed by atoms with Gasteiger partial charge in [-0.3, -0.25) is 0 Å². The number of benzene rings is 1. The largest absolute Gasteiger partial charge is 0.310 e. The number of rotatable bonds is 4. The molecule has 18 heavy (non-hydrogen) atoms. The normalized spacial score (nSPS) is 24.2. The van der Waals surface area contributed by atoms with E-state index >= 15 is 0 Å². The van der Waals surface area contributed by atoms with Gasteiger partial charge < -0.3 is 5.32 Å². The zero-order chi connectivity index (χ0) is 13.0. The topological polar surface area (TPSA) is 12.0 Å². The van der Waals surface area contributed by atoms with E-state index in [1.165, 1.54) is 44.2 Å². The van der Waals surface area contributed by atoms with Gasteiger partial charge in [-0.1, -0.05) is 32.3 Å². The summed E-state index contributed by atoms with van der Waals surface area (Å²) < 4.78 is 25.9. The van der Waals surface area contributed by atoms with Crippen LogP contribution in [-0.2, 0) is 6.54 Å². The Bertz CT molecular complexity index is 392. The summed E-state index contributed by atoms with van der Waals surface area (Å²) >= 11 is 0. The molecule has 1 N–H and O–H groups in total. The van der Waals surface area contributed by atoms with Gasteiger partial charge in [0.15, 0.2) is 11.6 Å². The van der Waals surface area contributed by atoms with Crippen molar-refractivity contribution < 1.29 is 8.78 Å². The molecule has 1 aliphatic carbocycles. The highest BCUT2D eigenvalue weighted by Gasteiger charge is 2.20. The lowest BCUT2D eigenvalue weighted by Gasteiger charge is -2.29. The number of hydrogen-bond donors (Lipinski definition) is 1. The van der Waals surface area contributed by atoms with Crippen LogP contribution >= 0.6 is 0 Å². The minimum atomic E-state index is -0.775. The minimum Gasteiger partial charge on any atom is -0.310 e. The van der Waals surface area contributed by atoms with Gasteiger partial charge in [-0.25, -0.2) is 8.78 Å². The number of nitrogens with one attached hydrogen (secondary N) is 1. The Balaban J connectivity index is 1.85. The molecular formula is C15H21F2N. The van der Waals surface area contributed by atoms with Crippen LogP contribution in [0, 0.1) is 17.6 Å². The zero-order valence-electron chi connectivity index (χ0n) is 10.9. The van der Waals surface area contributed by atoms with Crippen LogP contribution in [0.15, 0.2) is 18.2 Å². The third-order valence-electron chi connectivity index (χ3n) is 3.94. The monoisotopic (exact) mass is 253 g/mol. The third-order valence-corrected chi connectivity index (χ3v) is 3.94. The van der Waals surface area contributed by atoms with Crippen LogP contribution < -0.4 is 5.32 Å². The van der Waals surface area contributed by atoms with E-state index in [1.807, 2.05) is 0 Å². The van der Waals surface area contributed by atoms with Gasteiger partial charge in [0, 0.05) is 12.6 Å². The Morgan fingerprint density at radius 2 is 2.06 bits per heavy atom. The average molecular weight is 253 g/mol. The summed E-state index contributed by atoms with van der Waals surface area (Å²) in [5, 5.41) is 3.46. The fraction of sp³-hybridized carbons (Fsp3) is 0.600. The highest BCUT2D eigenvalue weighted by molar-refractivity contribution is 5.17. The molecule has 1 aromatic rings. The molecule has 1 aromatic carbocycles. The highest BCUT2D eigenvalue weighted by Crippen LogP contribution is 2.26. The molecule has 0 spiro atoms. The standard InChI is InChI=1S/C15H21F2N/c1-2-11-4-3-5-13(8-11)18-10-12-6-7-14(16)15(17)9-12/h6-7,9,11,13,18H,2-5,8,10H2,1H3. The molecule has 1 nitrogen and oxygen atoms in total. The molecule has 1 fully saturated rings. The molecule has 3 heteroatoms. The molecule has 1 aliphatic rings. The van der Waals surface area contributed by atoms with E-state index in [0.717, 1.165) is 11.5 Å². The Morgan fingerprint density at radius 1 is 1.22 bits per heavy atom. The van der Waals surface area contributed by atoms with E-state index in [4.69, 9.17) is 0 Å². The fourth-order valence-corrected chi connectivity index (χ4v) is 2.76. The fourth-order valence-electron chi connectivity index (χ4n) is 2.76. The maximum atomic E-state index is 13.1. The van der Waals surface area contributed by atoms with Crippen LogP contribution in [0.5, 0.6) is 0 Å². The summed E-state index contributed by atoms with van der Waals surface area (Å²) in [6, 6.07) is 4.65. The SMILES string of the molecule is CCC1CCCC(NCc2ccc(F)c(F)c2)C1. The van der Waals surface area contributed by atoms with E-state index in [9.17, 15) is 8.78 Å². The van der Waals surface area contributed by atoms with Crippen molar-refractivity contribution in [3.63, 3.8) is 0 Å². The summed E-state index contributed by atoms with van der Waals surface area (Å²) in [4.78, 5) is 0. The van der Waals surface area contributed by atoms with E-state index in [-0.39, 0.29) is 0 Å². The molecular weight excluding hydrogens is 232 g/mol. The lowest BCUT2D eigenvalue weighted by Crippen LogP contribution is -2.33. The van der Waals surface area contributed by atoms with Crippen molar-refractivity contribution >= 4 is 0 Å². The molecule has 2 unspecified atom stereocenters. The summed E-state index contributed by atoms with van der Waals surface area (Å²) in [6.07, 6.45) is 6.25. The first-order chi connectivity index (χ1) is 8.69. The van der Waals surface area contributed by atoms with E-state index in [0.29, 0.717) is 12.6 Å². The van der Waals surface area contributed by atoms with Crippen LogP contribution in [0.25, 0.3) is 0 Å². The first kappa shape index (κ1) is 13.5. The van der Waals surface area contributed by atoms with Crippen molar-refractivity contribution in [1.82, 2.24) is 5.32 Å². The Morgan fingerprint density at radius 3 is 2.78 bits per heavy atom. The summed E-state index contributed by atoms with van der Waals surface area (Å²) in [5.74, 6) is -0.715. The number of hydrogen-bond acceptors (Lipinski definition) is 1. The molecule has 0 amide bonds. The second kappa shape index (κ2) is 6.28. The van der Waals surface area contributed by atoms with Crippen molar-refractivity contribution in [2.75, 3.05) is 0 Å². The van der Waals surface area contributed by atoms with Crippen LogP contribution in [0.1, 0.15) is 44.6 Å². The molecule has 2 atom stereocenters. The Hall–Kier alpha value is -0.960. The van der Waals surface area contributed by atoms with Crippen LogP contribution in [0.3, 0.4) is 0 Å². The lowest BCUT2D eigenvalue weighted by molar-refractivity contribution is 0.278. The molecule has 0 aliphatic heterocycles. The molecule has 100 valence electrons. The molecule has 2 rings (SSSR count). The van der Waals surface area contributed by atoms with Crippen molar-refractivity contribution in [3.8, 4) is 0 Å². The molecule has 0 saturated heterocycles. The van der Waals surface area contributed by atoms with Gasteiger partial charge >= 0.3 is 0 Å². The summed E-state index contributed by atoms with van der Waals surface area (Å²) in [6.45, 7) is 2.86. The predicted octanol–water partition coefficient (Wildman–Crippen LogP) is 4.02. The summed E-state index contributed by atoms with van der Waals surface area (Å²) in [7, 11) is 0. The minimum absolute atomic E-state index is 0.525. The predicted molar refractivity (Wildman–Crippen MR) is 69.2 cm³/mol. The van der Waals surface area contributed by atoms with E-state index < -0.39 is 11.6 Å². The first-order valence-corrected chi connectivity index (χ1v) is 6.86. The quantitative estimate of drug-likeness (QED) is 0.854. The van der Waals surface area contributed by atoms with E-state index in [2.05, 4.69) is 12.2 Å². The Labute approximate surface area is 108 Å². The second-order valence-corrected chi connectivity index (χ2v) is 5.27.